The second-order valence-electron chi connectivity index (χ2n) is 9.01. The van der Waals surface area contributed by atoms with Crippen LogP contribution in [-0.2, 0) is 16.0 Å². The molecule has 1 N–H and O–H groups in total. The number of ketones is 1. The third-order valence-corrected chi connectivity index (χ3v) is 7.84. The molecule has 2 aliphatic rings. The van der Waals surface area contributed by atoms with Crippen LogP contribution >= 0.6 is 22.9 Å². The molecule has 2 atom stereocenters. The van der Waals surface area contributed by atoms with E-state index in [1.165, 1.54) is 16.2 Å². The molecule has 1 saturated heterocycles. The molecule has 1 aromatic heterocycles. The van der Waals surface area contributed by atoms with E-state index in [-0.39, 0.29) is 17.4 Å². The number of anilines is 1. The fraction of sp³-hybridized carbons (Fsp3) is 0.179. The number of thiazole rings is 1. The van der Waals surface area contributed by atoms with Gasteiger partial charge in [-0.15, -0.1) is 0 Å². The number of aliphatic hydroxyl groups is 1. The molecular formula is C28H21ClN2O5S. The molecule has 4 aromatic rings. The summed E-state index contributed by atoms with van der Waals surface area (Å²) in [6.07, 6.45) is 0.728. The molecule has 7 nitrogen and oxygen atoms in total. The van der Waals surface area contributed by atoms with Gasteiger partial charge in [0.2, 0.25) is 0 Å². The number of aromatic nitrogens is 1. The summed E-state index contributed by atoms with van der Waals surface area (Å²) >= 11 is 7.42. The maximum Gasteiger partial charge on any atom is 0.301 e. The van der Waals surface area contributed by atoms with Crippen molar-refractivity contribution in [1.29, 1.82) is 0 Å². The summed E-state index contributed by atoms with van der Waals surface area (Å²) in [6.45, 7) is 1.97. The zero-order valence-electron chi connectivity index (χ0n) is 19.9. The van der Waals surface area contributed by atoms with Crippen LogP contribution in [-0.4, -0.2) is 35.0 Å². The van der Waals surface area contributed by atoms with Gasteiger partial charge in [-0.3, -0.25) is 14.5 Å². The van der Waals surface area contributed by atoms with Crippen LogP contribution in [0.3, 0.4) is 0 Å². The Hall–Kier alpha value is -3.88. The van der Waals surface area contributed by atoms with E-state index in [1.807, 2.05) is 13.0 Å². The zero-order valence-corrected chi connectivity index (χ0v) is 21.5. The molecule has 3 heterocycles. The lowest BCUT2D eigenvalue weighted by molar-refractivity contribution is -0.132. The molecule has 9 heteroatoms. The van der Waals surface area contributed by atoms with Crippen LogP contribution < -0.4 is 14.4 Å². The molecule has 6 rings (SSSR count). The molecule has 1 fully saturated rings. The number of benzene rings is 3. The van der Waals surface area contributed by atoms with E-state index in [2.05, 4.69) is 4.98 Å². The number of aliphatic hydroxyl groups excluding tert-OH is 1. The van der Waals surface area contributed by atoms with Crippen LogP contribution in [0.2, 0.25) is 5.02 Å². The highest BCUT2D eigenvalue weighted by Gasteiger charge is 2.48. The number of ether oxygens (including phenoxy) is 2. The Kier molecular flexibility index (Phi) is 5.66. The van der Waals surface area contributed by atoms with Crippen LogP contribution in [0.15, 0.2) is 66.2 Å². The van der Waals surface area contributed by atoms with Gasteiger partial charge in [0.05, 0.1) is 28.9 Å². The normalized spacial score (nSPS) is 20.4. The quantitative estimate of drug-likeness (QED) is 0.200. The summed E-state index contributed by atoms with van der Waals surface area (Å²) < 4.78 is 11.8. The number of Topliss-reactive ketones (excluding diaryl/α,β-unsaturated/α-hetero) is 1. The molecular weight excluding hydrogens is 512 g/mol. The van der Waals surface area contributed by atoms with Gasteiger partial charge in [-0.1, -0.05) is 35.1 Å². The summed E-state index contributed by atoms with van der Waals surface area (Å²) in [5.74, 6) is -0.396. The van der Waals surface area contributed by atoms with E-state index < -0.39 is 17.7 Å². The minimum absolute atomic E-state index is 0.000584. The third kappa shape index (κ3) is 3.93. The van der Waals surface area contributed by atoms with Crippen molar-refractivity contribution in [2.24, 2.45) is 0 Å². The van der Waals surface area contributed by atoms with Crippen LogP contribution in [0.4, 0.5) is 5.13 Å². The monoisotopic (exact) mass is 532 g/mol. The van der Waals surface area contributed by atoms with Gasteiger partial charge in [0.15, 0.2) is 5.13 Å². The summed E-state index contributed by atoms with van der Waals surface area (Å²) in [4.78, 5) is 32.9. The Labute approximate surface area is 221 Å². The van der Waals surface area contributed by atoms with E-state index >= 15 is 0 Å². The highest BCUT2D eigenvalue weighted by Crippen LogP contribution is 2.45. The summed E-state index contributed by atoms with van der Waals surface area (Å²) in [5.41, 5.74) is 2.68. The van der Waals surface area contributed by atoms with Gasteiger partial charge in [0.1, 0.15) is 23.4 Å². The molecule has 0 spiro atoms. The lowest BCUT2D eigenvalue weighted by atomic mass is 9.94. The van der Waals surface area contributed by atoms with Crippen molar-refractivity contribution >= 4 is 55.7 Å². The number of amides is 1. The maximum absolute atomic E-state index is 13.5. The lowest BCUT2D eigenvalue weighted by Gasteiger charge is -2.23. The summed E-state index contributed by atoms with van der Waals surface area (Å²) in [6, 6.07) is 16.7. The Balaban J connectivity index is 1.53. The number of fused-ring (bicyclic) bond motifs is 2. The fourth-order valence-corrected chi connectivity index (χ4v) is 6.11. The van der Waals surface area contributed by atoms with Crippen LogP contribution in [0.5, 0.6) is 11.5 Å². The van der Waals surface area contributed by atoms with E-state index in [1.54, 1.807) is 61.7 Å². The van der Waals surface area contributed by atoms with Gasteiger partial charge >= 0.3 is 5.91 Å². The maximum atomic E-state index is 13.5. The first-order valence-corrected chi connectivity index (χ1v) is 12.8. The molecule has 3 aromatic carbocycles. The van der Waals surface area contributed by atoms with Gasteiger partial charge in [-0.05, 0) is 66.6 Å². The highest BCUT2D eigenvalue weighted by atomic mass is 35.5. The molecule has 2 unspecified atom stereocenters. The van der Waals surface area contributed by atoms with Crippen molar-refractivity contribution < 1.29 is 24.2 Å². The predicted molar refractivity (Wildman–Crippen MR) is 143 cm³/mol. The molecule has 1 amide bonds. The number of carbonyl (C=O) groups is 2. The number of methoxy groups -OCH3 is 1. The second kappa shape index (κ2) is 8.90. The molecule has 2 aliphatic heterocycles. The Morgan fingerprint density at radius 2 is 1.92 bits per heavy atom. The number of hydrogen-bond donors (Lipinski definition) is 1. The number of hydrogen-bond acceptors (Lipinski definition) is 7. The van der Waals surface area contributed by atoms with E-state index in [4.69, 9.17) is 21.1 Å². The Morgan fingerprint density at radius 1 is 1.14 bits per heavy atom. The summed E-state index contributed by atoms with van der Waals surface area (Å²) in [7, 11) is 1.56. The second-order valence-corrected chi connectivity index (χ2v) is 10.5. The number of rotatable bonds is 4. The number of nitrogens with zero attached hydrogens (tertiary/aromatic N) is 2. The van der Waals surface area contributed by atoms with Crippen molar-refractivity contribution in [2.75, 3.05) is 12.0 Å². The smallest absolute Gasteiger partial charge is 0.301 e. The molecule has 0 aliphatic carbocycles. The van der Waals surface area contributed by atoms with Crippen molar-refractivity contribution in [3.05, 3.63) is 87.9 Å². The van der Waals surface area contributed by atoms with E-state index in [9.17, 15) is 14.7 Å². The van der Waals surface area contributed by atoms with Crippen LogP contribution in [0, 0.1) is 0 Å². The lowest BCUT2D eigenvalue weighted by Crippen LogP contribution is -2.29. The highest BCUT2D eigenvalue weighted by molar-refractivity contribution is 7.22. The molecule has 0 bridgehead atoms. The van der Waals surface area contributed by atoms with Crippen molar-refractivity contribution in [3.8, 4) is 11.5 Å². The predicted octanol–water partition coefficient (Wildman–Crippen LogP) is 5.91. The largest absolute Gasteiger partial charge is 0.507 e. The SMILES string of the molecule is COc1ccc(C2/C(=C(/O)c3ccc4c(c3)CC(C)O4)C(=O)C(=O)N2c2nc3ccc(Cl)cc3s2)cc1. The van der Waals surface area contributed by atoms with Crippen molar-refractivity contribution in [3.63, 3.8) is 0 Å². The van der Waals surface area contributed by atoms with Gasteiger partial charge < -0.3 is 14.6 Å². The third-order valence-electron chi connectivity index (χ3n) is 6.59. The standard InChI is InChI=1S/C28H21ClN2O5S/c1-14-11-17-12-16(5-10-21(17)36-14)25(32)23-24(15-3-7-19(35-2)8-4-15)31(27(34)26(23)33)28-30-20-9-6-18(29)13-22(20)37-28/h3-10,12-14,24,32H,11H2,1-2H3/b25-23-. The average Bonchev–Trinajstić information content (AvgIpc) is 3.55. The van der Waals surface area contributed by atoms with Crippen molar-refractivity contribution in [2.45, 2.75) is 25.5 Å². The average molecular weight is 533 g/mol. The minimum Gasteiger partial charge on any atom is -0.507 e. The van der Waals surface area contributed by atoms with Crippen LogP contribution in [0.1, 0.15) is 29.7 Å². The van der Waals surface area contributed by atoms with Gasteiger partial charge in [0, 0.05) is 17.0 Å². The van der Waals surface area contributed by atoms with E-state index in [0.29, 0.717) is 39.0 Å². The van der Waals surface area contributed by atoms with Gasteiger partial charge in [0.25, 0.3) is 5.78 Å². The number of halogens is 1. The number of carbonyl (C=O) groups excluding carboxylic acids is 2. The van der Waals surface area contributed by atoms with E-state index in [0.717, 1.165) is 16.0 Å². The first kappa shape index (κ1) is 23.5. The van der Waals surface area contributed by atoms with Crippen molar-refractivity contribution in [1.82, 2.24) is 4.98 Å². The first-order chi connectivity index (χ1) is 17.8. The molecule has 0 saturated carbocycles. The fourth-order valence-electron chi connectivity index (χ4n) is 4.85. The Bertz CT molecular complexity index is 1610. The molecule has 37 heavy (non-hydrogen) atoms. The Morgan fingerprint density at radius 3 is 2.68 bits per heavy atom. The first-order valence-electron chi connectivity index (χ1n) is 11.6. The van der Waals surface area contributed by atoms with Gasteiger partial charge in [-0.25, -0.2) is 4.98 Å². The minimum atomic E-state index is -0.884. The van der Waals surface area contributed by atoms with Crippen LogP contribution in [0.25, 0.3) is 16.0 Å². The zero-order chi connectivity index (χ0) is 25.8. The summed E-state index contributed by atoms with van der Waals surface area (Å²) in [5, 5.41) is 12.3. The van der Waals surface area contributed by atoms with Gasteiger partial charge in [-0.2, -0.15) is 0 Å². The molecule has 0 radical (unpaired) electrons. The molecule has 186 valence electrons. The topological polar surface area (TPSA) is 89.0 Å².